The molecule has 29 heavy (non-hydrogen) atoms. The molecule has 0 saturated heterocycles. The van der Waals surface area contributed by atoms with Crippen molar-refractivity contribution in [3.63, 3.8) is 0 Å². The zero-order chi connectivity index (χ0) is 21.0. The molecule has 0 aliphatic rings. The van der Waals surface area contributed by atoms with E-state index in [4.69, 9.17) is 0 Å². The van der Waals surface area contributed by atoms with Crippen LogP contribution in [0.1, 0.15) is 29.4 Å². The van der Waals surface area contributed by atoms with Gasteiger partial charge in [-0.05, 0) is 62.6 Å². The van der Waals surface area contributed by atoms with E-state index in [1.54, 1.807) is 22.9 Å². The van der Waals surface area contributed by atoms with E-state index in [2.05, 4.69) is 25.3 Å². The number of rotatable bonds is 8. The number of nitrogens with one attached hydrogen (secondary N) is 2. The number of hydrogen-bond acceptors (Lipinski definition) is 6. The highest BCUT2D eigenvalue weighted by Gasteiger charge is 2.13. The lowest BCUT2D eigenvalue weighted by atomic mass is 10.2. The van der Waals surface area contributed by atoms with Crippen LogP contribution in [0, 0.1) is 20.8 Å². The summed E-state index contributed by atoms with van der Waals surface area (Å²) in [7, 11) is -3.53. The lowest BCUT2D eigenvalue weighted by molar-refractivity contribution is 0.583. The molecule has 0 fully saturated rings. The van der Waals surface area contributed by atoms with Gasteiger partial charge >= 0.3 is 0 Å². The molecule has 0 radical (unpaired) electrons. The molecule has 0 aliphatic carbocycles. The Hall–Kier alpha value is -2.78. The lowest BCUT2D eigenvalue weighted by Gasteiger charge is -2.09. The van der Waals surface area contributed by atoms with Crippen molar-refractivity contribution in [1.82, 2.24) is 24.7 Å². The van der Waals surface area contributed by atoms with E-state index in [-0.39, 0.29) is 11.4 Å². The second kappa shape index (κ2) is 8.71. The number of hydrogen-bond donors (Lipinski definition) is 2. The van der Waals surface area contributed by atoms with Crippen LogP contribution in [0.3, 0.4) is 0 Å². The number of aryl methyl sites for hydroxylation is 2. The van der Waals surface area contributed by atoms with Crippen LogP contribution < -0.4 is 10.0 Å². The summed E-state index contributed by atoms with van der Waals surface area (Å²) in [5.74, 6) is 1.21. The van der Waals surface area contributed by atoms with Crippen LogP contribution in [0.5, 0.6) is 0 Å². The van der Waals surface area contributed by atoms with Crippen molar-refractivity contribution in [2.45, 2.75) is 39.0 Å². The van der Waals surface area contributed by atoms with E-state index in [0.717, 1.165) is 28.9 Å². The molecule has 0 unspecified atom stereocenters. The molecule has 3 rings (SSSR count). The summed E-state index contributed by atoms with van der Waals surface area (Å²) in [6.07, 6.45) is 0.872. The maximum absolute atomic E-state index is 12.3. The molecule has 8 nitrogen and oxygen atoms in total. The van der Waals surface area contributed by atoms with Gasteiger partial charge in [-0.1, -0.05) is 19.1 Å². The number of benzene rings is 1. The number of aromatic nitrogens is 4. The molecule has 1 aromatic carbocycles. The quantitative estimate of drug-likeness (QED) is 0.549. The maximum atomic E-state index is 12.3. The Balaban J connectivity index is 1.54. The van der Waals surface area contributed by atoms with Gasteiger partial charge < -0.3 is 5.32 Å². The Kier molecular flexibility index (Phi) is 6.29. The average molecular weight is 415 g/mol. The minimum Gasteiger partial charge on any atom is -0.367 e. The minimum absolute atomic E-state index is 0.234. The molecule has 0 aliphatic heterocycles. The Morgan fingerprint density at radius 3 is 2.24 bits per heavy atom. The summed E-state index contributed by atoms with van der Waals surface area (Å²) in [5.41, 5.74) is 4.22. The second-order valence-corrected chi connectivity index (χ2v) is 8.57. The Bertz CT molecular complexity index is 1070. The predicted molar refractivity (Wildman–Crippen MR) is 113 cm³/mol. The van der Waals surface area contributed by atoms with Crippen molar-refractivity contribution in [2.24, 2.45) is 0 Å². The first-order chi connectivity index (χ1) is 13.8. The van der Waals surface area contributed by atoms with Crippen LogP contribution in [0.15, 0.2) is 41.3 Å². The van der Waals surface area contributed by atoms with E-state index in [1.165, 1.54) is 0 Å². The van der Waals surface area contributed by atoms with Crippen LogP contribution >= 0.6 is 0 Å². The van der Waals surface area contributed by atoms with Crippen LogP contribution in [0.25, 0.3) is 5.82 Å². The zero-order valence-electron chi connectivity index (χ0n) is 17.1. The van der Waals surface area contributed by atoms with Crippen molar-refractivity contribution in [2.75, 3.05) is 18.4 Å². The Morgan fingerprint density at radius 2 is 1.69 bits per heavy atom. The highest BCUT2D eigenvalue weighted by molar-refractivity contribution is 7.89. The number of nitrogens with zero attached hydrogens (tertiary/aromatic N) is 4. The first-order valence-electron chi connectivity index (χ1n) is 9.51. The molecule has 154 valence electrons. The summed E-state index contributed by atoms with van der Waals surface area (Å²) in [6, 6.07) is 10.5. The fraction of sp³-hybridized carbons (Fsp3) is 0.350. The molecule has 9 heteroatoms. The molecule has 3 aromatic rings. The van der Waals surface area contributed by atoms with Crippen LogP contribution in [0.4, 0.5) is 5.82 Å². The van der Waals surface area contributed by atoms with Gasteiger partial charge in [-0.3, -0.25) is 0 Å². The van der Waals surface area contributed by atoms with Gasteiger partial charge in [0.15, 0.2) is 5.82 Å². The van der Waals surface area contributed by atoms with Gasteiger partial charge in [0.1, 0.15) is 5.82 Å². The molecule has 0 amide bonds. The first-order valence-corrected chi connectivity index (χ1v) is 11.0. The molecular formula is C20H26N6O2S. The van der Waals surface area contributed by atoms with Gasteiger partial charge in [-0.25, -0.2) is 17.8 Å². The molecule has 0 spiro atoms. The Morgan fingerprint density at radius 1 is 0.966 bits per heavy atom. The van der Waals surface area contributed by atoms with Crippen molar-refractivity contribution in [1.29, 1.82) is 0 Å². The van der Waals surface area contributed by atoms with E-state index in [0.29, 0.717) is 18.2 Å². The third-order valence-electron chi connectivity index (χ3n) is 4.89. The van der Waals surface area contributed by atoms with Gasteiger partial charge in [-0.15, -0.1) is 10.2 Å². The van der Waals surface area contributed by atoms with Gasteiger partial charge in [0.2, 0.25) is 10.0 Å². The standard InChI is InChI=1S/C20H26N6O2S/c1-5-17-6-8-18(9-7-17)29(27,28)22-13-12-21-19-10-11-20(24-23-19)26-16(4)14(2)15(3)25-26/h6-11,22H,5,12-13H2,1-4H3,(H,21,23). The third-order valence-corrected chi connectivity index (χ3v) is 6.36. The third kappa shape index (κ3) is 4.80. The Labute approximate surface area is 171 Å². The largest absolute Gasteiger partial charge is 0.367 e. The van der Waals surface area contributed by atoms with E-state index < -0.39 is 10.0 Å². The summed E-state index contributed by atoms with van der Waals surface area (Å²) in [5, 5.41) is 15.9. The summed E-state index contributed by atoms with van der Waals surface area (Å²) in [4.78, 5) is 0.263. The van der Waals surface area contributed by atoms with Gasteiger partial charge in [-0.2, -0.15) is 5.10 Å². The van der Waals surface area contributed by atoms with Crippen molar-refractivity contribution < 1.29 is 8.42 Å². The number of anilines is 1. The van der Waals surface area contributed by atoms with Crippen molar-refractivity contribution in [3.8, 4) is 5.82 Å². The smallest absolute Gasteiger partial charge is 0.240 e. The van der Waals surface area contributed by atoms with Gasteiger partial charge in [0.05, 0.1) is 10.6 Å². The fourth-order valence-electron chi connectivity index (χ4n) is 2.84. The van der Waals surface area contributed by atoms with Crippen molar-refractivity contribution >= 4 is 15.8 Å². The highest BCUT2D eigenvalue weighted by atomic mass is 32.2. The van der Waals surface area contributed by atoms with Crippen LogP contribution in [-0.2, 0) is 16.4 Å². The molecule has 2 heterocycles. The fourth-order valence-corrected chi connectivity index (χ4v) is 3.87. The maximum Gasteiger partial charge on any atom is 0.240 e. The van der Waals surface area contributed by atoms with Crippen LogP contribution in [0.2, 0.25) is 0 Å². The summed E-state index contributed by atoms with van der Waals surface area (Å²) >= 11 is 0. The van der Waals surface area contributed by atoms with E-state index in [1.807, 2.05) is 45.9 Å². The zero-order valence-corrected chi connectivity index (χ0v) is 17.9. The molecule has 0 saturated carbocycles. The van der Waals surface area contributed by atoms with Crippen molar-refractivity contribution in [3.05, 3.63) is 58.9 Å². The predicted octanol–water partition coefficient (Wildman–Crippen LogP) is 2.54. The number of sulfonamides is 1. The normalized spacial score (nSPS) is 11.6. The molecule has 0 atom stereocenters. The monoisotopic (exact) mass is 414 g/mol. The van der Waals surface area contributed by atoms with Crippen LogP contribution in [-0.4, -0.2) is 41.5 Å². The van der Waals surface area contributed by atoms with Gasteiger partial charge in [0, 0.05) is 18.8 Å². The minimum atomic E-state index is -3.53. The summed E-state index contributed by atoms with van der Waals surface area (Å²) < 4.78 is 29.0. The molecule has 0 bridgehead atoms. The first kappa shape index (κ1) is 20.9. The topological polar surface area (TPSA) is 102 Å². The average Bonchev–Trinajstić information content (AvgIpc) is 2.99. The van der Waals surface area contributed by atoms with E-state index >= 15 is 0 Å². The second-order valence-electron chi connectivity index (χ2n) is 6.81. The molecule has 2 aromatic heterocycles. The van der Waals surface area contributed by atoms with E-state index in [9.17, 15) is 8.42 Å². The summed E-state index contributed by atoms with van der Waals surface area (Å²) in [6.45, 7) is 8.63. The van der Waals surface area contributed by atoms with Gasteiger partial charge in [0.25, 0.3) is 0 Å². The lowest BCUT2D eigenvalue weighted by Crippen LogP contribution is -2.29. The highest BCUT2D eigenvalue weighted by Crippen LogP contribution is 2.15. The molecular weight excluding hydrogens is 388 g/mol. The molecule has 2 N–H and O–H groups in total. The SMILES string of the molecule is CCc1ccc(S(=O)(=O)NCCNc2ccc(-n3nc(C)c(C)c3C)nn2)cc1.